The fourth-order valence-electron chi connectivity index (χ4n) is 3.20. The number of hydrogen-bond acceptors (Lipinski definition) is 5. The van der Waals surface area contributed by atoms with Crippen molar-refractivity contribution < 1.29 is 19.1 Å². The van der Waals surface area contributed by atoms with Crippen molar-refractivity contribution in [1.82, 2.24) is 4.90 Å². The number of piperidine rings is 1. The highest BCUT2D eigenvalue weighted by Crippen LogP contribution is 2.38. The van der Waals surface area contributed by atoms with E-state index in [1.165, 1.54) is 11.8 Å². The van der Waals surface area contributed by atoms with Crippen LogP contribution >= 0.6 is 23.4 Å². The number of benzene rings is 1. The molecule has 0 unspecified atom stereocenters. The molecule has 2 atom stereocenters. The number of halogens is 1. The molecule has 8 heteroatoms. The number of carbonyl (C=O) groups is 3. The third-order valence-electron chi connectivity index (χ3n) is 4.52. The van der Waals surface area contributed by atoms with Crippen molar-refractivity contribution in [3.05, 3.63) is 23.2 Å². The molecule has 0 radical (unpaired) electrons. The Bertz CT molecular complexity index is 727. The molecular formula is C18H21ClN2O4S. The molecule has 2 amide bonds. The predicted octanol–water partition coefficient (Wildman–Crippen LogP) is 2.94. The Kier molecular flexibility index (Phi) is 6.09. The van der Waals surface area contributed by atoms with Gasteiger partial charge in [-0.05, 0) is 38.0 Å². The van der Waals surface area contributed by atoms with Crippen molar-refractivity contribution in [3.63, 3.8) is 0 Å². The maximum Gasteiger partial charge on any atom is 0.310 e. The van der Waals surface area contributed by atoms with E-state index in [-0.39, 0.29) is 30.1 Å². The van der Waals surface area contributed by atoms with Crippen LogP contribution in [0.1, 0.15) is 26.2 Å². The van der Waals surface area contributed by atoms with Crippen LogP contribution in [0.25, 0.3) is 0 Å². The molecule has 1 saturated heterocycles. The number of nitrogens with one attached hydrogen (secondary N) is 1. The Hall–Kier alpha value is -1.73. The van der Waals surface area contributed by atoms with Gasteiger partial charge in [-0.2, -0.15) is 0 Å². The number of hydrogen-bond donors (Lipinski definition) is 1. The lowest BCUT2D eigenvalue weighted by atomic mass is 9.98. The molecule has 0 saturated carbocycles. The minimum Gasteiger partial charge on any atom is -0.466 e. The third-order valence-corrected chi connectivity index (χ3v) is 6.03. The summed E-state index contributed by atoms with van der Waals surface area (Å²) in [5.74, 6) is -0.829. The number of ether oxygens (including phenoxy) is 1. The molecule has 140 valence electrons. The second-order valence-corrected chi connectivity index (χ2v) is 8.05. The molecule has 1 aromatic carbocycles. The summed E-state index contributed by atoms with van der Waals surface area (Å²) in [6, 6.07) is 5.31. The molecule has 1 N–H and O–H groups in total. The summed E-state index contributed by atoms with van der Waals surface area (Å²) >= 11 is 7.32. The van der Waals surface area contributed by atoms with Gasteiger partial charge < -0.3 is 15.0 Å². The van der Waals surface area contributed by atoms with Crippen molar-refractivity contribution in [2.45, 2.75) is 36.3 Å². The third kappa shape index (κ3) is 4.32. The standard InChI is InChI=1S/C18H21ClN2O4S/c1-2-25-18(24)11-4-3-7-21(10-11)16(22)9-15-17(23)20-13-8-12(19)5-6-14(13)26-15/h5-6,8,11,15H,2-4,7,9-10H2,1H3,(H,20,23)/t11-,15-/m1/s1. The molecule has 0 bridgehead atoms. The number of esters is 1. The molecule has 6 nitrogen and oxygen atoms in total. The van der Waals surface area contributed by atoms with E-state index in [0.29, 0.717) is 30.4 Å². The van der Waals surface area contributed by atoms with E-state index >= 15 is 0 Å². The highest BCUT2D eigenvalue weighted by atomic mass is 35.5. The second kappa shape index (κ2) is 8.31. The zero-order valence-corrected chi connectivity index (χ0v) is 16.1. The predicted molar refractivity (Wildman–Crippen MR) is 100 cm³/mol. The second-order valence-electron chi connectivity index (χ2n) is 6.37. The average molecular weight is 397 g/mol. The first-order valence-electron chi connectivity index (χ1n) is 8.69. The van der Waals surface area contributed by atoms with E-state index in [1.54, 1.807) is 24.0 Å². The Morgan fingerprint density at radius 3 is 3.00 bits per heavy atom. The van der Waals surface area contributed by atoms with Gasteiger partial charge in [0.25, 0.3) is 0 Å². The van der Waals surface area contributed by atoms with Crippen molar-refractivity contribution in [2.75, 3.05) is 25.0 Å². The van der Waals surface area contributed by atoms with Gasteiger partial charge in [-0.3, -0.25) is 14.4 Å². The van der Waals surface area contributed by atoms with Gasteiger partial charge in [-0.1, -0.05) is 11.6 Å². The Labute approximate surface area is 161 Å². The van der Waals surface area contributed by atoms with Gasteiger partial charge in [0.1, 0.15) is 0 Å². The normalized spacial score (nSPS) is 22.4. The van der Waals surface area contributed by atoms with Crippen LogP contribution in [-0.2, 0) is 19.1 Å². The van der Waals surface area contributed by atoms with Crippen molar-refractivity contribution >= 4 is 46.8 Å². The monoisotopic (exact) mass is 396 g/mol. The van der Waals surface area contributed by atoms with E-state index in [0.717, 1.165) is 17.7 Å². The summed E-state index contributed by atoms with van der Waals surface area (Å²) in [6.45, 7) is 3.09. The minimum absolute atomic E-state index is 0.105. The summed E-state index contributed by atoms with van der Waals surface area (Å²) in [7, 11) is 0. The first-order chi connectivity index (χ1) is 12.5. The first-order valence-corrected chi connectivity index (χ1v) is 9.95. The summed E-state index contributed by atoms with van der Waals surface area (Å²) < 4.78 is 5.07. The largest absolute Gasteiger partial charge is 0.466 e. The van der Waals surface area contributed by atoms with Gasteiger partial charge in [0.05, 0.1) is 23.5 Å². The highest BCUT2D eigenvalue weighted by molar-refractivity contribution is 8.01. The Morgan fingerprint density at radius 2 is 2.23 bits per heavy atom. The number of rotatable bonds is 4. The SMILES string of the molecule is CCOC(=O)[C@@H]1CCCN(C(=O)C[C@H]2Sc3ccc(Cl)cc3NC2=O)C1. The quantitative estimate of drug-likeness (QED) is 0.792. The van der Waals surface area contributed by atoms with E-state index in [1.807, 2.05) is 6.07 Å². The Morgan fingerprint density at radius 1 is 1.42 bits per heavy atom. The molecule has 3 rings (SSSR count). The van der Waals surface area contributed by atoms with Gasteiger partial charge in [-0.15, -0.1) is 11.8 Å². The lowest BCUT2D eigenvalue weighted by molar-refractivity contribution is -0.151. The van der Waals surface area contributed by atoms with Crippen LogP contribution in [-0.4, -0.2) is 47.6 Å². The molecule has 26 heavy (non-hydrogen) atoms. The van der Waals surface area contributed by atoms with Crippen molar-refractivity contribution in [2.24, 2.45) is 5.92 Å². The molecule has 2 aliphatic heterocycles. The lowest BCUT2D eigenvalue weighted by Gasteiger charge is -2.33. The molecule has 1 fully saturated rings. The van der Waals surface area contributed by atoms with Crippen LogP contribution < -0.4 is 5.32 Å². The molecule has 0 aliphatic carbocycles. The summed E-state index contributed by atoms with van der Waals surface area (Å²) in [6.07, 6.45) is 1.60. The van der Waals surface area contributed by atoms with Gasteiger partial charge in [-0.25, -0.2) is 0 Å². The van der Waals surface area contributed by atoms with Gasteiger partial charge in [0.15, 0.2) is 0 Å². The number of likely N-dealkylation sites (tertiary alicyclic amines) is 1. The zero-order valence-electron chi connectivity index (χ0n) is 14.5. The first kappa shape index (κ1) is 19.0. The lowest BCUT2D eigenvalue weighted by Crippen LogP contribution is -2.44. The van der Waals surface area contributed by atoms with E-state index in [9.17, 15) is 14.4 Å². The van der Waals surface area contributed by atoms with Crippen LogP contribution in [0.3, 0.4) is 0 Å². The number of fused-ring (bicyclic) bond motifs is 1. The molecular weight excluding hydrogens is 376 g/mol. The minimum atomic E-state index is -0.487. The van der Waals surface area contributed by atoms with Gasteiger partial charge >= 0.3 is 5.97 Å². The zero-order chi connectivity index (χ0) is 18.7. The van der Waals surface area contributed by atoms with Gasteiger partial charge in [0.2, 0.25) is 11.8 Å². The smallest absolute Gasteiger partial charge is 0.310 e. The van der Waals surface area contributed by atoms with Crippen LogP contribution in [0.15, 0.2) is 23.1 Å². The number of carbonyl (C=O) groups excluding carboxylic acids is 3. The number of thioether (sulfide) groups is 1. The van der Waals surface area contributed by atoms with Crippen LogP contribution in [0.4, 0.5) is 5.69 Å². The van der Waals surface area contributed by atoms with E-state index in [2.05, 4.69) is 5.32 Å². The fourth-order valence-corrected chi connectivity index (χ4v) is 4.45. The average Bonchev–Trinajstić information content (AvgIpc) is 2.63. The number of nitrogens with zero attached hydrogens (tertiary/aromatic N) is 1. The topological polar surface area (TPSA) is 75.7 Å². The van der Waals surface area contributed by atoms with Gasteiger partial charge in [0, 0.05) is 29.4 Å². The molecule has 0 spiro atoms. The van der Waals surface area contributed by atoms with Crippen molar-refractivity contribution in [1.29, 1.82) is 0 Å². The molecule has 2 heterocycles. The Balaban J connectivity index is 1.61. The van der Waals surface area contributed by atoms with Crippen molar-refractivity contribution in [3.8, 4) is 0 Å². The number of amides is 2. The molecule has 0 aromatic heterocycles. The van der Waals surface area contributed by atoms with Crippen LogP contribution in [0.5, 0.6) is 0 Å². The fraction of sp³-hybridized carbons (Fsp3) is 0.500. The van der Waals surface area contributed by atoms with Crippen LogP contribution in [0.2, 0.25) is 5.02 Å². The summed E-state index contributed by atoms with van der Waals surface area (Å²) in [5.41, 5.74) is 0.677. The van der Waals surface area contributed by atoms with Crippen LogP contribution in [0, 0.1) is 5.92 Å². The highest BCUT2D eigenvalue weighted by Gasteiger charge is 2.34. The number of anilines is 1. The van der Waals surface area contributed by atoms with E-state index in [4.69, 9.17) is 16.3 Å². The maximum atomic E-state index is 12.7. The maximum absolute atomic E-state index is 12.7. The molecule has 1 aromatic rings. The summed E-state index contributed by atoms with van der Waals surface area (Å²) in [5, 5.41) is 2.88. The summed E-state index contributed by atoms with van der Waals surface area (Å²) in [4.78, 5) is 39.5. The molecule has 2 aliphatic rings. The van der Waals surface area contributed by atoms with E-state index < -0.39 is 5.25 Å².